The zero-order chi connectivity index (χ0) is 20.4. The highest BCUT2D eigenvalue weighted by molar-refractivity contribution is 5.81. The summed E-state index contributed by atoms with van der Waals surface area (Å²) in [6.45, 7) is 10.1. The number of piperidine rings is 1. The molecule has 2 rings (SSSR count). The molecule has 1 aliphatic rings. The Morgan fingerprint density at radius 2 is 2.18 bits per heavy atom. The van der Waals surface area contributed by atoms with Crippen LogP contribution in [0.25, 0.3) is 0 Å². The summed E-state index contributed by atoms with van der Waals surface area (Å²) in [6.07, 6.45) is 3.81. The average Bonchev–Trinajstić information content (AvgIpc) is 2.69. The lowest BCUT2D eigenvalue weighted by atomic mass is 10.00. The predicted octanol–water partition coefficient (Wildman–Crippen LogP) is 3.10. The van der Waals surface area contributed by atoms with Gasteiger partial charge in [0.05, 0.1) is 6.61 Å². The first-order chi connectivity index (χ1) is 13.5. The molecule has 6 nitrogen and oxygen atoms in total. The van der Waals surface area contributed by atoms with Crippen molar-refractivity contribution in [3.63, 3.8) is 0 Å². The highest BCUT2D eigenvalue weighted by Crippen LogP contribution is 2.20. The van der Waals surface area contributed by atoms with Crippen LogP contribution in [0.1, 0.15) is 50.7 Å². The summed E-state index contributed by atoms with van der Waals surface area (Å²) in [5, 5.41) is 6.56. The Morgan fingerprint density at radius 1 is 1.36 bits per heavy atom. The third-order valence-corrected chi connectivity index (χ3v) is 5.00. The smallest absolute Gasteiger partial charge is 0.224 e. The van der Waals surface area contributed by atoms with Crippen molar-refractivity contribution in [1.29, 1.82) is 0 Å². The van der Waals surface area contributed by atoms with Gasteiger partial charge in [-0.15, -0.1) is 0 Å². The molecule has 1 aromatic rings. The molecule has 1 unspecified atom stereocenters. The van der Waals surface area contributed by atoms with Crippen LogP contribution < -0.4 is 15.4 Å². The van der Waals surface area contributed by atoms with Gasteiger partial charge in [-0.25, -0.2) is 0 Å². The van der Waals surface area contributed by atoms with E-state index in [0.717, 1.165) is 37.2 Å². The van der Waals surface area contributed by atoms with Gasteiger partial charge in [0, 0.05) is 45.2 Å². The fourth-order valence-corrected chi connectivity index (χ4v) is 3.42. The highest BCUT2D eigenvalue weighted by atomic mass is 16.5. The first-order valence-electron chi connectivity index (χ1n) is 10.5. The lowest BCUT2D eigenvalue weighted by molar-refractivity contribution is -0.132. The number of hydrogen-bond acceptors (Lipinski definition) is 3. The summed E-state index contributed by atoms with van der Waals surface area (Å²) in [4.78, 5) is 18.6. The molecule has 2 N–H and O–H groups in total. The third-order valence-electron chi connectivity index (χ3n) is 5.00. The number of guanidine groups is 1. The molecule has 0 aromatic heterocycles. The van der Waals surface area contributed by atoms with Gasteiger partial charge in [-0.1, -0.05) is 26.0 Å². The van der Waals surface area contributed by atoms with Gasteiger partial charge in [0.25, 0.3) is 0 Å². The van der Waals surface area contributed by atoms with Crippen molar-refractivity contribution in [3.05, 3.63) is 29.3 Å². The van der Waals surface area contributed by atoms with E-state index in [1.165, 1.54) is 12.0 Å². The van der Waals surface area contributed by atoms with Crippen LogP contribution >= 0.6 is 0 Å². The SMILES string of the molecule is CCCOc1cc(C)ccc1CNC(=NC)NCCC(=O)N1CCCC(C)C1. The Hall–Kier alpha value is -2.24. The Balaban J connectivity index is 1.79. The molecule has 0 spiro atoms. The van der Waals surface area contributed by atoms with Crippen LogP contribution in [0.2, 0.25) is 0 Å². The van der Waals surface area contributed by atoms with Crippen molar-refractivity contribution in [3.8, 4) is 5.75 Å². The molecule has 28 heavy (non-hydrogen) atoms. The van der Waals surface area contributed by atoms with Gasteiger partial charge in [0.1, 0.15) is 5.75 Å². The average molecular weight is 389 g/mol. The summed E-state index contributed by atoms with van der Waals surface area (Å²) in [5.74, 6) is 2.45. The minimum atomic E-state index is 0.225. The standard InChI is InChI=1S/C22H36N4O2/c1-5-13-28-20-14-17(2)8-9-19(20)15-25-22(23-4)24-11-10-21(27)26-12-6-7-18(3)16-26/h8-9,14,18H,5-7,10-13,15-16H2,1-4H3,(H2,23,24,25). The summed E-state index contributed by atoms with van der Waals surface area (Å²) >= 11 is 0. The summed E-state index contributed by atoms with van der Waals surface area (Å²) in [7, 11) is 1.74. The van der Waals surface area contributed by atoms with Gasteiger partial charge in [0.15, 0.2) is 5.96 Å². The fraction of sp³-hybridized carbons (Fsp3) is 0.636. The lowest BCUT2D eigenvalue weighted by Crippen LogP contribution is -2.42. The molecular formula is C22H36N4O2. The van der Waals surface area contributed by atoms with Crippen molar-refractivity contribution >= 4 is 11.9 Å². The Bertz CT molecular complexity index is 660. The van der Waals surface area contributed by atoms with Crippen molar-refractivity contribution in [2.24, 2.45) is 10.9 Å². The van der Waals surface area contributed by atoms with E-state index in [0.29, 0.717) is 38.0 Å². The molecule has 1 heterocycles. The number of nitrogens with one attached hydrogen (secondary N) is 2. The van der Waals surface area contributed by atoms with Crippen molar-refractivity contribution in [1.82, 2.24) is 15.5 Å². The number of likely N-dealkylation sites (tertiary alicyclic amines) is 1. The number of ether oxygens (including phenoxy) is 1. The molecule has 1 atom stereocenters. The van der Waals surface area contributed by atoms with Gasteiger partial charge in [-0.2, -0.15) is 0 Å². The largest absolute Gasteiger partial charge is 0.493 e. The Labute approximate surface area is 169 Å². The molecule has 1 fully saturated rings. The number of carbonyl (C=O) groups is 1. The van der Waals surface area contributed by atoms with E-state index in [4.69, 9.17) is 4.74 Å². The molecule has 156 valence electrons. The van der Waals surface area contributed by atoms with Crippen LogP contribution in [-0.2, 0) is 11.3 Å². The summed E-state index contributed by atoms with van der Waals surface area (Å²) in [6, 6.07) is 6.24. The number of amides is 1. The van der Waals surface area contributed by atoms with Gasteiger partial charge in [-0.05, 0) is 43.7 Å². The monoisotopic (exact) mass is 388 g/mol. The quantitative estimate of drug-likeness (QED) is 0.530. The maximum atomic E-state index is 12.4. The summed E-state index contributed by atoms with van der Waals surface area (Å²) < 4.78 is 5.87. The van der Waals surface area contributed by atoms with E-state index < -0.39 is 0 Å². The number of aryl methyl sites for hydroxylation is 1. The second kappa shape index (κ2) is 11.6. The number of benzene rings is 1. The second-order valence-corrected chi connectivity index (χ2v) is 7.65. The lowest BCUT2D eigenvalue weighted by Gasteiger charge is -2.31. The van der Waals surface area contributed by atoms with Crippen LogP contribution in [0.4, 0.5) is 0 Å². The topological polar surface area (TPSA) is 66.0 Å². The first kappa shape index (κ1) is 22.1. The van der Waals surface area contributed by atoms with Gasteiger partial charge < -0.3 is 20.3 Å². The molecule has 1 aliphatic heterocycles. The van der Waals surface area contributed by atoms with Crippen LogP contribution in [0.3, 0.4) is 0 Å². The maximum Gasteiger partial charge on any atom is 0.224 e. The van der Waals surface area contributed by atoms with E-state index in [1.807, 2.05) is 4.90 Å². The molecule has 1 saturated heterocycles. The van der Waals surface area contributed by atoms with Gasteiger partial charge in [-0.3, -0.25) is 9.79 Å². The van der Waals surface area contributed by atoms with Crippen molar-refractivity contribution < 1.29 is 9.53 Å². The molecule has 1 amide bonds. The normalized spacial score (nSPS) is 17.4. The molecular weight excluding hydrogens is 352 g/mol. The first-order valence-corrected chi connectivity index (χ1v) is 10.5. The Kier molecular flexibility index (Phi) is 9.11. The molecule has 1 aromatic carbocycles. The second-order valence-electron chi connectivity index (χ2n) is 7.65. The van der Waals surface area contributed by atoms with E-state index in [-0.39, 0.29) is 5.91 Å². The number of carbonyl (C=O) groups excluding carboxylic acids is 1. The maximum absolute atomic E-state index is 12.4. The zero-order valence-corrected chi connectivity index (χ0v) is 17.9. The Morgan fingerprint density at radius 3 is 2.89 bits per heavy atom. The van der Waals surface area contributed by atoms with Gasteiger partial charge >= 0.3 is 0 Å². The number of rotatable bonds is 8. The minimum absolute atomic E-state index is 0.225. The molecule has 0 radical (unpaired) electrons. The molecule has 0 saturated carbocycles. The zero-order valence-electron chi connectivity index (χ0n) is 17.9. The van der Waals surface area contributed by atoms with E-state index in [1.54, 1.807) is 7.05 Å². The van der Waals surface area contributed by atoms with Crippen LogP contribution in [0, 0.1) is 12.8 Å². The van der Waals surface area contributed by atoms with Crippen molar-refractivity contribution in [2.45, 2.75) is 53.0 Å². The van der Waals surface area contributed by atoms with Crippen molar-refractivity contribution in [2.75, 3.05) is 33.3 Å². The molecule has 0 bridgehead atoms. The fourth-order valence-electron chi connectivity index (χ4n) is 3.42. The number of aliphatic imine (C=N–C) groups is 1. The number of hydrogen-bond donors (Lipinski definition) is 2. The number of nitrogens with zero attached hydrogens (tertiary/aromatic N) is 2. The van der Waals surface area contributed by atoms with Crippen LogP contribution in [0.15, 0.2) is 23.2 Å². The van der Waals surface area contributed by atoms with Gasteiger partial charge in [0.2, 0.25) is 5.91 Å². The minimum Gasteiger partial charge on any atom is -0.493 e. The van der Waals surface area contributed by atoms with Crippen LogP contribution in [0.5, 0.6) is 5.75 Å². The molecule has 0 aliphatic carbocycles. The third kappa shape index (κ3) is 7.06. The summed E-state index contributed by atoms with van der Waals surface area (Å²) in [5.41, 5.74) is 2.28. The van der Waals surface area contributed by atoms with E-state index in [9.17, 15) is 4.79 Å². The van der Waals surface area contributed by atoms with E-state index >= 15 is 0 Å². The predicted molar refractivity (Wildman–Crippen MR) is 115 cm³/mol. The highest BCUT2D eigenvalue weighted by Gasteiger charge is 2.20. The van der Waals surface area contributed by atoms with Crippen LogP contribution in [-0.4, -0.2) is 50.1 Å². The van der Waals surface area contributed by atoms with E-state index in [2.05, 4.69) is 54.6 Å². The molecule has 6 heteroatoms.